The van der Waals surface area contributed by atoms with Gasteiger partial charge in [-0.1, -0.05) is 20.3 Å². The highest BCUT2D eigenvalue weighted by Gasteiger charge is 2.38. The Morgan fingerprint density at radius 3 is 2.69 bits per heavy atom. The van der Waals surface area contributed by atoms with Gasteiger partial charge in [-0.15, -0.1) is 0 Å². The van der Waals surface area contributed by atoms with Crippen molar-refractivity contribution in [1.29, 1.82) is 0 Å². The third-order valence-electron chi connectivity index (χ3n) is 3.39. The van der Waals surface area contributed by atoms with E-state index in [9.17, 15) is 0 Å². The number of rotatable bonds is 4. The summed E-state index contributed by atoms with van der Waals surface area (Å²) >= 11 is 0. The van der Waals surface area contributed by atoms with Gasteiger partial charge in [0.25, 0.3) is 0 Å². The molecule has 2 unspecified atom stereocenters. The molecule has 1 aliphatic carbocycles. The van der Waals surface area contributed by atoms with Gasteiger partial charge >= 0.3 is 0 Å². The molecule has 0 aromatic rings. The summed E-state index contributed by atoms with van der Waals surface area (Å²) in [5.41, 5.74) is 3.29. The van der Waals surface area contributed by atoms with E-state index < -0.39 is 0 Å². The van der Waals surface area contributed by atoms with Gasteiger partial charge in [-0.25, -0.2) is 0 Å². The van der Waals surface area contributed by atoms with Crippen LogP contribution < -0.4 is 11.3 Å². The predicted molar refractivity (Wildman–Crippen MR) is 54.1 cm³/mol. The summed E-state index contributed by atoms with van der Waals surface area (Å²) in [7, 11) is 1.73. The summed E-state index contributed by atoms with van der Waals surface area (Å²) in [4.78, 5) is 0. The van der Waals surface area contributed by atoms with Crippen LogP contribution in [0.4, 0.5) is 0 Å². The number of hydrogen-bond acceptors (Lipinski definition) is 3. The van der Waals surface area contributed by atoms with E-state index in [1.54, 1.807) is 7.11 Å². The molecule has 3 nitrogen and oxygen atoms in total. The Balaban J connectivity index is 2.57. The Hall–Kier alpha value is -0.120. The quantitative estimate of drug-likeness (QED) is 0.514. The van der Waals surface area contributed by atoms with Gasteiger partial charge in [0, 0.05) is 13.2 Å². The first-order valence-electron chi connectivity index (χ1n) is 5.07. The molecule has 78 valence electrons. The summed E-state index contributed by atoms with van der Waals surface area (Å²) in [5, 5.41) is 0. The standard InChI is InChI=1S/C10H22N2O/c1-10(2)6-4-5-8(10)9(12-11)7-13-3/h8-9,12H,4-7,11H2,1-3H3. The fraction of sp³-hybridized carbons (Fsp3) is 1.00. The topological polar surface area (TPSA) is 47.3 Å². The van der Waals surface area contributed by atoms with Crippen molar-refractivity contribution in [2.24, 2.45) is 17.2 Å². The normalized spacial score (nSPS) is 29.1. The lowest BCUT2D eigenvalue weighted by Gasteiger charge is -2.33. The highest BCUT2D eigenvalue weighted by Crippen LogP contribution is 2.44. The molecule has 1 saturated carbocycles. The Morgan fingerprint density at radius 2 is 2.31 bits per heavy atom. The molecule has 1 aliphatic rings. The molecule has 2 atom stereocenters. The molecule has 0 spiro atoms. The van der Waals surface area contributed by atoms with Crippen LogP contribution in [0.5, 0.6) is 0 Å². The fourth-order valence-corrected chi connectivity index (χ4v) is 2.56. The minimum atomic E-state index is 0.308. The second-order valence-corrected chi connectivity index (χ2v) is 4.72. The summed E-state index contributed by atoms with van der Waals surface area (Å²) in [5.74, 6) is 6.18. The Morgan fingerprint density at radius 1 is 1.62 bits per heavy atom. The van der Waals surface area contributed by atoms with Crippen molar-refractivity contribution >= 4 is 0 Å². The van der Waals surface area contributed by atoms with Crippen LogP contribution >= 0.6 is 0 Å². The predicted octanol–water partition coefficient (Wildman–Crippen LogP) is 1.29. The lowest BCUT2D eigenvalue weighted by atomic mass is 9.78. The lowest BCUT2D eigenvalue weighted by Crippen LogP contribution is -2.47. The Kier molecular flexibility index (Phi) is 3.71. The molecule has 1 rings (SSSR count). The van der Waals surface area contributed by atoms with Crippen LogP contribution in [-0.4, -0.2) is 19.8 Å². The Labute approximate surface area is 81.0 Å². The summed E-state index contributed by atoms with van der Waals surface area (Å²) in [6, 6.07) is 0.308. The zero-order valence-corrected chi connectivity index (χ0v) is 8.97. The highest BCUT2D eigenvalue weighted by atomic mass is 16.5. The van der Waals surface area contributed by atoms with E-state index in [4.69, 9.17) is 10.6 Å². The molecule has 1 fully saturated rings. The average molecular weight is 186 g/mol. The summed E-state index contributed by atoms with van der Waals surface area (Å²) in [6.45, 7) is 5.36. The maximum Gasteiger partial charge on any atom is 0.0632 e. The molecular formula is C10H22N2O. The van der Waals surface area contributed by atoms with Gasteiger partial charge < -0.3 is 4.74 Å². The largest absolute Gasteiger partial charge is 0.383 e. The molecule has 0 bridgehead atoms. The molecule has 13 heavy (non-hydrogen) atoms. The van der Waals surface area contributed by atoms with Gasteiger partial charge in [0.1, 0.15) is 0 Å². The van der Waals surface area contributed by atoms with Gasteiger partial charge in [0.15, 0.2) is 0 Å². The minimum Gasteiger partial charge on any atom is -0.383 e. The van der Waals surface area contributed by atoms with Crippen LogP contribution in [0.3, 0.4) is 0 Å². The van der Waals surface area contributed by atoms with Crippen molar-refractivity contribution in [2.45, 2.75) is 39.2 Å². The minimum absolute atomic E-state index is 0.308. The molecule has 0 aliphatic heterocycles. The molecular weight excluding hydrogens is 164 g/mol. The third-order valence-corrected chi connectivity index (χ3v) is 3.39. The van der Waals surface area contributed by atoms with E-state index in [1.807, 2.05) is 0 Å². The third kappa shape index (κ3) is 2.42. The smallest absolute Gasteiger partial charge is 0.0632 e. The van der Waals surface area contributed by atoms with Gasteiger partial charge in [0.05, 0.1) is 6.61 Å². The van der Waals surface area contributed by atoms with Crippen molar-refractivity contribution in [3.05, 3.63) is 0 Å². The van der Waals surface area contributed by atoms with Crippen LogP contribution in [0.1, 0.15) is 33.1 Å². The van der Waals surface area contributed by atoms with E-state index in [-0.39, 0.29) is 0 Å². The van der Waals surface area contributed by atoms with Crippen molar-refractivity contribution in [1.82, 2.24) is 5.43 Å². The number of hydrazine groups is 1. The number of methoxy groups -OCH3 is 1. The number of hydrogen-bond donors (Lipinski definition) is 2. The summed E-state index contributed by atoms with van der Waals surface area (Å²) < 4.78 is 5.16. The van der Waals surface area contributed by atoms with Crippen molar-refractivity contribution < 1.29 is 4.74 Å². The average Bonchev–Trinajstić information content (AvgIpc) is 2.41. The summed E-state index contributed by atoms with van der Waals surface area (Å²) in [6.07, 6.45) is 3.89. The molecule has 3 N–H and O–H groups in total. The lowest BCUT2D eigenvalue weighted by molar-refractivity contribution is 0.103. The maximum atomic E-state index is 5.53. The molecule has 0 saturated heterocycles. The first-order valence-corrected chi connectivity index (χ1v) is 5.07. The van der Waals surface area contributed by atoms with E-state index in [2.05, 4.69) is 19.3 Å². The van der Waals surface area contributed by atoms with Gasteiger partial charge in [0.2, 0.25) is 0 Å². The van der Waals surface area contributed by atoms with Crippen molar-refractivity contribution in [2.75, 3.05) is 13.7 Å². The highest BCUT2D eigenvalue weighted by molar-refractivity contribution is 4.91. The van der Waals surface area contributed by atoms with E-state index in [0.29, 0.717) is 24.0 Å². The fourth-order valence-electron chi connectivity index (χ4n) is 2.56. The Bertz CT molecular complexity index is 159. The first kappa shape index (κ1) is 11.0. The number of nitrogens with one attached hydrogen (secondary N) is 1. The van der Waals surface area contributed by atoms with E-state index in [0.717, 1.165) is 0 Å². The zero-order valence-electron chi connectivity index (χ0n) is 8.97. The van der Waals surface area contributed by atoms with Crippen LogP contribution in [0.15, 0.2) is 0 Å². The van der Waals surface area contributed by atoms with Crippen LogP contribution in [0, 0.1) is 11.3 Å². The van der Waals surface area contributed by atoms with E-state index >= 15 is 0 Å². The number of nitrogens with two attached hydrogens (primary N) is 1. The van der Waals surface area contributed by atoms with Crippen LogP contribution in [-0.2, 0) is 4.74 Å². The van der Waals surface area contributed by atoms with Gasteiger partial charge in [-0.2, -0.15) is 0 Å². The SMILES string of the molecule is COCC(NN)C1CCCC1(C)C. The monoisotopic (exact) mass is 186 g/mol. The second-order valence-electron chi connectivity index (χ2n) is 4.72. The van der Waals surface area contributed by atoms with Crippen molar-refractivity contribution in [3.63, 3.8) is 0 Å². The maximum absolute atomic E-state index is 5.53. The number of ether oxygens (including phenoxy) is 1. The molecule has 0 heterocycles. The van der Waals surface area contributed by atoms with Gasteiger partial charge in [-0.05, 0) is 24.2 Å². The van der Waals surface area contributed by atoms with E-state index in [1.165, 1.54) is 19.3 Å². The molecule has 3 heteroatoms. The van der Waals surface area contributed by atoms with Crippen LogP contribution in [0.2, 0.25) is 0 Å². The van der Waals surface area contributed by atoms with Gasteiger partial charge in [-0.3, -0.25) is 11.3 Å². The molecule has 0 aromatic heterocycles. The molecule has 0 radical (unpaired) electrons. The zero-order chi connectivity index (χ0) is 9.90. The van der Waals surface area contributed by atoms with Crippen molar-refractivity contribution in [3.8, 4) is 0 Å². The van der Waals surface area contributed by atoms with Crippen LogP contribution in [0.25, 0.3) is 0 Å². The molecule has 0 amide bonds. The first-order chi connectivity index (χ1) is 6.11. The molecule has 0 aromatic carbocycles. The second kappa shape index (κ2) is 4.40.